The van der Waals surface area contributed by atoms with Gasteiger partial charge in [0.2, 0.25) is 0 Å². The highest BCUT2D eigenvalue weighted by Crippen LogP contribution is 2.19. The first-order valence-electron chi connectivity index (χ1n) is 9.64. The molecule has 1 fully saturated rings. The number of nitrogen functional groups attached to an aromatic ring is 1. The number of nitrogens with one attached hydrogen (secondary N) is 2. The van der Waals surface area contributed by atoms with E-state index in [2.05, 4.69) is 10.3 Å². The third-order valence-corrected chi connectivity index (χ3v) is 4.88. The van der Waals surface area contributed by atoms with E-state index in [9.17, 15) is 9.59 Å². The van der Waals surface area contributed by atoms with Crippen molar-refractivity contribution in [2.24, 2.45) is 5.92 Å². The fourth-order valence-electron chi connectivity index (χ4n) is 3.12. The van der Waals surface area contributed by atoms with Crippen molar-refractivity contribution in [1.29, 1.82) is 0 Å². The molecule has 0 aromatic carbocycles. The van der Waals surface area contributed by atoms with Gasteiger partial charge in [-0.05, 0) is 37.4 Å². The zero-order valence-corrected chi connectivity index (χ0v) is 17.2. The Kier molecular flexibility index (Phi) is 7.85. The first-order chi connectivity index (χ1) is 12.8. The smallest absolute Gasteiger partial charge is 0.330 e. The number of hydrogen-bond donors (Lipinski definition) is 3. The molecule has 1 saturated heterocycles. The molecule has 2 rings (SSSR count). The monoisotopic (exact) mass is 397 g/mol. The molecule has 27 heavy (non-hydrogen) atoms. The summed E-state index contributed by atoms with van der Waals surface area (Å²) in [6.45, 7) is 8.42. The quantitative estimate of drug-likeness (QED) is 0.570. The van der Waals surface area contributed by atoms with Gasteiger partial charge in [-0.3, -0.25) is 14.3 Å². The second-order valence-electron chi connectivity index (χ2n) is 7.32. The fraction of sp³-hybridized carbons (Fsp3) is 0.722. The molecule has 0 unspecified atom stereocenters. The number of rotatable bonds is 8. The Hall–Kier alpha value is -1.87. The van der Waals surface area contributed by atoms with Crippen LogP contribution >= 0.6 is 12.2 Å². The minimum atomic E-state index is -0.521. The van der Waals surface area contributed by atoms with E-state index >= 15 is 0 Å². The van der Waals surface area contributed by atoms with E-state index in [0.717, 1.165) is 32.3 Å². The Labute approximate surface area is 165 Å². The predicted octanol–water partition coefficient (Wildman–Crippen LogP) is 1.43. The van der Waals surface area contributed by atoms with Gasteiger partial charge < -0.3 is 20.7 Å². The number of nitrogens with zero attached hydrogens (tertiary/aromatic N) is 2. The van der Waals surface area contributed by atoms with Gasteiger partial charge in [-0.1, -0.05) is 27.2 Å². The molecule has 0 bridgehead atoms. The summed E-state index contributed by atoms with van der Waals surface area (Å²) in [5.74, 6) is 0.390. The van der Waals surface area contributed by atoms with Crippen molar-refractivity contribution < 1.29 is 4.74 Å². The van der Waals surface area contributed by atoms with Crippen molar-refractivity contribution >= 4 is 28.8 Å². The molecule has 4 N–H and O–H groups in total. The molecule has 1 atom stereocenters. The normalized spacial score (nSPS) is 16.7. The highest BCUT2D eigenvalue weighted by Gasteiger charge is 2.24. The molecule has 1 aromatic rings. The van der Waals surface area contributed by atoms with Crippen LogP contribution < -0.4 is 27.2 Å². The maximum absolute atomic E-state index is 12.6. The number of nitrogens with two attached hydrogens (primary N) is 1. The number of thiocarbonyl (C=S) groups is 1. The van der Waals surface area contributed by atoms with E-state index in [1.54, 1.807) is 4.90 Å². The molecule has 0 radical (unpaired) electrons. The Morgan fingerprint density at radius 1 is 1.48 bits per heavy atom. The Bertz CT molecular complexity index is 752. The van der Waals surface area contributed by atoms with Crippen LogP contribution in [0.2, 0.25) is 0 Å². The fourth-order valence-corrected chi connectivity index (χ4v) is 3.37. The van der Waals surface area contributed by atoms with Gasteiger partial charge in [-0.15, -0.1) is 0 Å². The van der Waals surface area contributed by atoms with Crippen LogP contribution in [0.1, 0.15) is 46.5 Å². The van der Waals surface area contributed by atoms with Crippen molar-refractivity contribution in [3.63, 3.8) is 0 Å². The number of hydrogen-bond acceptors (Lipinski definition) is 5. The van der Waals surface area contributed by atoms with Crippen molar-refractivity contribution in [1.82, 2.24) is 14.9 Å². The molecule has 0 amide bonds. The average molecular weight is 398 g/mol. The van der Waals surface area contributed by atoms with Crippen molar-refractivity contribution in [3.05, 3.63) is 20.8 Å². The molecule has 1 aromatic heterocycles. The number of aromatic amines is 1. The van der Waals surface area contributed by atoms with Crippen molar-refractivity contribution in [2.45, 2.75) is 59.1 Å². The molecule has 0 spiro atoms. The highest BCUT2D eigenvalue weighted by atomic mass is 32.1. The second-order valence-corrected chi connectivity index (χ2v) is 7.71. The predicted molar refractivity (Wildman–Crippen MR) is 112 cm³/mol. The van der Waals surface area contributed by atoms with Gasteiger partial charge in [0.15, 0.2) is 10.8 Å². The number of aromatic nitrogens is 2. The topological polar surface area (TPSA) is 105 Å². The SMILES string of the molecule is CCCCn1c(N)c(N(CC(C)C)C(=S)NC[C@H]2CCCO2)c(=O)[nH]c1=O. The maximum atomic E-state index is 12.6. The summed E-state index contributed by atoms with van der Waals surface area (Å²) in [5, 5.41) is 3.61. The Balaban J connectivity index is 2.32. The van der Waals surface area contributed by atoms with Crippen molar-refractivity contribution in [2.75, 3.05) is 30.3 Å². The van der Waals surface area contributed by atoms with Crippen LogP contribution in [-0.2, 0) is 11.3 Å². The molecule has 9 heteroatoms. The van der Waals surface area contributed by atoms with Crippen molar-refractivity contribution in [3.8, 4) is 0 Å². The number of ether oxygens (including phenoxy) is 1. The third-order valence-electron chi connectivity index (χ3n) is 4.52. The van der Waals surface area contributed by atoms with E-state index in [1.807, 2.05) is 20.8 Å². The minimum absolute atomic E-state index is 0.123. The molecule has 8 nitrogen and oxygen atoms in total. The van der Waals surface area contributed by atoms with Gasteiger partial charge >= 0.3 is 5.69 Å². The van der Waals surface area contributed by atoms with Crippen LogP contribution in [0.15, 0.2) is 9.59 Å². The zero-order valence-electron chi connectivity index (χ0n) is 16.4. The van der Waals surface area contributed by atoms with E-state index in [-0.39, 0.29) is 23.5 Å². The molecular formula is C18H31N5O3S. The zero-order chi connectivity index (χ0) is 20.0. The van der Waals surface area contributed by atoms with Gasteiger partial charge in [-0.2, -0.15) is 0 Å². The first kappa shape index (κ1) is 21.4. The van der Waals surface area contributed by atoms with Crippen LogP contribution in [0.3, 0.4) is 0 Å². The van der Waals surface area contributed by atoms with Crippen LogP contribution in [0.4, 0.5) is 11.5 Å². The average Bonchev–Trinajstić information content (AvgIpc) is 3.11. The summed E-state index contributed by atoms with van der Waals surface area (Å²) in [5.41, 5.74) is 5.46. The molecule has 152 valence electrons. The van der Waals surface area contributed by atoms with Gasteiger partial charge in [0.1, 0.15) is 5.82 Å². The van der Waals surface area contributed by atoms with Gasteiger partial charge in [0, 0.05) is 26.2 Å². The van der Waals surface area contributed by atoms with Crippen LogP contribution in [0.25, 0.3) is 0 Å². The summed E-state index contributed by atoms with van der Waals surface area (Å²) >= 11 is 5.56. The number of unbranched alkanes of at least 4 members (excludes halogenated alkanes) is 1. The number of H-pyrrole nitrogens is 1. The molecular weight excluding hydrogens is 366 g/mol. The summed E-state index contributed by atoms with van der Waals surface area (Å²) in [4.78, 5) is 28.8. The molecule has 0 aliphatic carbocycles. The summed E-state index contributed by atoms with van der Waals surface area (Å²) in [6.07, 6.45) is 3.87. The van der Waals surface area contributed by atoms with Crippen LogP contribution in [0, 0.1) is 5.92 Å². The van der Waals surface area contributed by atoms with Gasteiger partial charge in [-0.25, -0.2) is 4.79 Å². The highest BCUT2D eigenvalue weighted by molar-refractivity contribution is 7.80. The minimum Gasteiger partial charge on any atom is -0.383 e. The van der Waals surface area contributed by atoms with E-state index in [0.29, 0.717) is 24.7 Å². The number of anilines is 2. The Morgan fingerprint density at radius 3 is 2.81 bits per heavy atom. The summed E-state index contributed by atoms with van der Waals surface area (Å²) in [7, 11) is 0. The first-order valence-corrected chi connectivity index (χ1v) is 10.1. The largest absolute Gasteiger partial charge is 0.383 e. The van der Waals surface area contributed by atoms with E-state index in [4.69, 9.17) is 22.7 Å². The molecule has 1 aliphatic heterocycles. The molecule has 0 saturated carbocycles. The lowest BCUT2D eigenvalue weighted by molar-refractivity contribution is 0.114. The lowest BCUT2D eigenvalue weighted by Crippen LogP contribution is -2.48. The summed E-state index contributed by atoms with van der Waals surface area (Å²) < 4.78 is 7.03. The Morgan fingerprint density at radius 2 is 2.22 bits per heavy atom. The standard InChI is InChI=1S/C18H31N5O3S/c1-4-5-8-22-15(19)14(16(24)21-17(22)25)23(11-12(2)3)18(27)20-10-13-7-6-9-26-13/h12-13H,4-11,19H2,1-3H3,(H,20,27)(H,21,24,25)/t13-/m1/s1. The van der Waals surface area contributed by atoms with Gasteiger partial charge in [0.05, 0.1) is 6.10 Å². The van der Waals surface area contributed by atoms with Crippen LogP contribution in [0.5, 0.6) is 0 Å². The van der Waals surface area contributed by atoms with Gasteiger partial charge in [0.25, 0.3) is 5.56 Å². The third kappa shape index (κ3) is 5.55. The molecule has 1 aliphatic rings. The summed E-state index contributed by atoms with van der Waals surface area (Å²) in [6, 6.07) is 0. The lowest BCUT2D eigenvalue weighted by Gasteiger charge is -2.29. The van der Waals surface area contributed by atoms with E-state index in [1.165, 1.54) is 4.57 Å². The second kappa shape index (κ2) is 9.89. The van der Waals surface area contributed by atoms with E-state index < -0.39 is 11.2 Å². The molecule has 2 heterocycles. The lowest BCUT2D eigenvalue weighted by atomic mass is 10.2. The maximum Gasteiger partial charge on any atom is 0.330 e. The van der Waals surface area contributed by atoms with Crippen LogP contribution in [-0.4, -0.2) is 40.5 Å².